The summed E-state index contributed by atoms with van der Waals surface area (Å²) < 4.78 is 11.0. The number of hydrogen-bond donors (Lipinski definition) is 0. The van der Waals surface area contributed by atoms with Gasteiger partial charge < -0.3 is 14.4 Å². The van der Waals surface area contributed by atoms with Crippen molar-refractivity contribution in [3.05, 3.63) is 45.6 Å². The van der Waals surface area contributed by atoms with Crippen LogP contribution in [0.15, 0.2) is 36.4 Å². The maximum Gasteiger partial charge on any atom is 0.326 e. The summed E-state index contributed by atoms with van der Waals surface area (Å²) in [4.78, 5) is 40.0. The molecule has 0 fully saturated rings. The number of anilines is 1. The first kappa shape index (κ1) is 19.2. The van der Waals surface area contributed by atoms with E-state index in [-0.39, 0.29) is 25.0 Å². The van der Waals surface area contributed by atoms with Gasteiger partial charge in [-0.05, 0) is 24.3 Å². The number of fused-ring (bicyclic) bond motifs is 1. The van der Waals surface area contributed by atoms with E-state index in [1.807, 2.05) is 6.07 Å². The first-order chi connectivity index (χ1) is 12.9. The highest BCUT2D eigenvalue weighted by atomic mass is 35.5. The van der Waals surface area contributed by atoms with Crippen molar-refractivity contribution in [3.8, 4) is 5.75 Å². The lowest BCUT2D eigenvalue weighted by Gasteiger charge is -2.28. The molecule has 2 aromatic rings. The van der Waals surface area contributed by atoms with Crippen molar-refractivity contribution < 1.29 is 23.9 Å². The molecule has 27 heavy (non-hydrogen) atoms. The molecule has 0 bridgehead atoms. The van der Waals surface area contributed by atoms with Crippen LogP contribution < -0.4 is 9.64 Å². The van der Waals surface area contributed by atoms with Crippen LogP contribution in [0.3, 0.4) is 0 Å². The highest BCUT2D eigenvalue weighted by Crippen LogP contribution is 2.31. The Labute approximate surface area is 165 Å². The fraction of sp³-hybridized carbons (Fsp3) is 0.278. The molecule has 142 valence electrons. The average molecular weight is 409 g/mol. The lowest BCUT2D eigenvalue weighted by molar-refractivity contribution is -0.151. The van der Waals surface area contributed by atoms with Crippen molar-refractivity contribution in [1.29, 1.82) is 0 Å². The Kier molecular flexibility index (Phi) is 5.98. The minimum atomic E-state index is -0.666. The van der Waals surface area contributed by atoms with Crippen LogP contribution in [0.4, 0.5) is 5.69 Å². The summed E-state index contributed by atoms with van der Waals surface area (Å²) in [6, 6.07) is 10.5. The molecule has 7 nitrogen and oxygen atoms in total. The van der Waals surface area contributed by atoms with E-state index in [1.54, 1.807) is 37.4 Å². The number of amides is 2. The van der Waals surface area contributed by atoms with Gasteiger partial charge in [-0.3, -0.25) is 19.3 Å². The molecule has 3 rings (SSSR count). The fourth-order valence-electron chi connectivity index (χ4n) is 2.51. The number of ether oxygens (including phenoxy) is 2. The molecule has 2 amide bonds. The fourth-order valence-corrected chi connectivity index (χ4v) is 3.65. The molecule has 1 aromatic carbocycles. The normalized spacial score (nSPS) is 13.0. The van der Waals surface area contributed by atoms with Gasteiger partial charge in [-0.15, -0.1) is 11.3 Å². The predicted octanol–water partition coefficient (Wildman–Crippen LogP) is 2.33. The molecule has 0 saturated carbocycles. The number of para-hydroxylation sites is 2. The van der Waals surface area contributed by atoms with Crippen molar-refractivity contribution in [2.45, 2.75) is 6.54 Å². The Hall–Kier alpha value is -2.58. The minimum absolute atomic E-state index is 0.144. The van der Waals surface area contributed by atoms with Gasteiger partial charge >= 0.3 is 5.97 Å². The Morgan fingerprint density at radius 2 is 2.07 bits per heavy atom. The predicted molar refractivity (Wildman–Crippen MR) is 101 cm³/mol. The number of hydrogen-bond acceptors (Lipinski definition) is 6. The standard InChI is InChI=1S/C18H17ClN2O5S/c1-20(8-12-6-7-15(19)27-12)16(22)10-26-18(24)9-21-13-4-2-3-5-14(13)25-11-17(21)23/h2-7H,8-11H2,1H3. The van der Waals surface area contributed by atoms with E-state index in [0.29, 0.717) is 22.3 Å². The molecular formula is C18H17ClN2O5S. The van der Waals surface area contributed by atoms with Gasteiger partial charge in [-0.1, -0.05) is 23.7 Å². The Morgan fingerprint density at radius 3 is 2.81 bits per heavy atom. The summed E-state index contributed by atoms with van der Waals surface area (Å²) in [6.07, 6.45) is 0. The number of thiophene rings is 1. The Bertz CT molecular complexity index is 869. The van der Waals surface area contributed by atoms with E-state index in [0.717, 1.165) is 4.88 Å². The van der Waals surface area contributed by atoms with E-state index >= 15 is 0 Å². The van der Waals surface area contributed by atoms with Crippen molar-refractivity contribution in [2.75, 3.05) is 31.7 Å². The Morgan fingerprint density at radius 1 is 1.30 bits per heavy atom. The second kappa shape index (κ2) is 8.41. The molecular weight excluding hydrogens is 392 g/mol. The van der Waals surface area contributed by atoms with E-state index in [4.69, 9.17) is 21.1 Å². The van der Waals surface area contributed by atoms with Gasteiger partial charge in [0, 0.05) is 11.9 Å². The molecule has 0 radical (unpaired) electrons. The number of carbonyl (C=O) groups is 3. The molecule has 0 saturated heterocycles. The first-order valence-electron chi connectivity index (χ1n) is 8.10. The molecule has 1 aliphatic rings. The van der Waals surface area contributed by atoms with E-state index in [1.165, 1.54) is 21.1 Å². The number of likely N-dealkylation sites (N-methyl/N-ethyl adjacent to an activating group) is 1. The van der Waals surface area contributed by atoms with Gasteiger partial charge in [0.1, 0.15) is 12.3 Å². The molecule has 0 spiro atoms. The Balaban J connectivity index is 1.52. The monoisotopic (exact) mass is 408 g/mol. The quantitative estimate of drug-likeness (QED) is 0.686. The molecule has 9 heteroatoms. The van der Waals surface area contributed by atoms with E-state index < -0.39 is 12.6 Å². The molecule has 1 aliphatic heterocycles. The largest absolute Gasteiger partial charge is 0.482 e. The lowest BCUT2D eigenvalue weighted by atomic mass is 10.2. The van der Waals surface area contributed by atoms with Crippen LogP contribution in [0.25, 0.3) is 0 Å². The minimum Gasteiger partial charge on any atom is -0.482 e. The maximum atomic E-state index is 12.1. The number of nitrogens with zero attached hydrogens (tertiary/aromatic N) is 2. The number of benzene rings is 1. The van der Waals surface area contributed by atoms with Crippen LogP contribution in [0.2, 0.25) is 4.34 Å². The average Bonchev–Trinajstić information content (AvgIpc) is 3.06. The first-order valence-corrected chi connectivity index (χ1v) is 9.29. The summed E-state index contributed by atoms with van der Waals surface area (Å²) in [5.74, 6) is -0.832. The number of rotatable bonds is 6. The molecule has 2 heterocycles. The third-order valence-electron chi connectivity index (χ3n) is 3.90. The summed E-state index contributed by atoms with van der Waals surface area (Å²) in [7, 11) is 1.62. The number of carbonyl (C=O) groups excluding carboxylic acids is 3. The lowest BCUT2D eigenvalue weighted by Crippen LogP contribution is -2.43. The van der Waals surface area contributed by atoms with Crippen molar-refractivity contribution in [1.82, 2.24) is 4.90 Å². The van der Waals surface area contributed by atoms with Crippen LogP contribution >= 0.6 is 22.9 Å². The third-order valence-corrected chi connectivity index (χ3v) is 5.12. The molecule has 0 aliphatic carbocycles. The van der Waals surface area contributed by atoms with Gasteiger partial charge in [0.25, 0.3) is 11.8 Å². The smallest absolute Gasteiger partial charge is 0.326 e. The second-order valence-electron chi connectivity index (χ2n) is 5.85. The van der Waals surface area contributed by atoms with Gasteiger partial charge in [-0.25, -0.2) is 0 Å². The van der Waals surface area contributed by atoms with Crippen LogP contribution in [0.1, 0.15) is 4.88 Å². The highest BCUT2D eigenvalue weighted by molar-refractivity contribution is 7.16. The summed E-state index contributed by atoms with van der Waals surface area (Å²) in [5.41, 5.74) is 0.503. The van der Waals surface area contributed by atoms with Crippen LogP contribution in [0.5, 0.6) is 5.75 Å². The molecule has 1 aromatic heterocycles. The van der Waals surface area contributed by atoms with Gasteiger partial charge in [0.2, 0.25) is 0 Å². The van der Waals surface area contributed by atoms with Crippen molar-refractivity contribution in [2.24, 2.45) is 0 Å². The van der Waals surface area contributed by atoms with Crippen molar-refractivity contribution >= 4 is 46.4 Å². The van der Waals surface area contributed by atoms with E-state index in [9.17, 15) is 14.4 Å². The van der Waals surface area contributed by atoms with E-state index in [2.05, 4.69) is 0 Å². The zero-order chi connectivity index (χ0) is 19.4. The molecule has 0 atom stereocenters. The van der Waals surface area contributed by atoms with Gasteiger partial charge in [0.15, 0.2) is 13.2 Å². The summed E-state index contributed by atoms with van der Waals surface area (Å²) >= 11 is 7.25. The van der Waals surface area contributed by atoms with Crippen LogP contribution in [-0.2, 0) is 25.7 Å². The van der Waals surface area contributed by atoms with Crippen LogP contribution in [0, 0.1) is 0 Å². The zero-order valence-corrected chi connectivity index (χ0v) is 16.1. The topological polar surface area (TPSA) is 76.2 Å². The number of esters is 1. The summed E-state index contributed by atoms with van der Waals surface area (Å²) in [6.45, 7) is -0.441. The second-order valence-corrected chi connectivity index (χ2v) is 7.65. The maximum absolute atomic E-state index is 12.1. The highest BCUT2D eigenvalue weighted by Gasteiger charge is 2.27. The van der Waals surface area contributed by atoms with Gasteiger partial charge in [0.05, 0.1) is 16.6 Å². The number of halogens is 1. The SMILES string of the molecule is CN(Cc1ccc(Cl)s1)C(=O)COC(=O)CN1C(=O)COc2ccccc21. The van der Waals surface area contributed by atoms with Gasteiger partial charge in [-0.2, -0.15) is 0 Å². The van der Waals surface area contributed by atoms with Crippen molar-refractivity contribution in [3.63, 3.8) is 0 Å². The zero-order valence-electron chi connectivity index (χ0n) is 14.5. The third kappa shape index (κ3) is 4.78. The summed E-state index contributed by atoms with van der Waals surface area (Å²) in [5, 5.41) is 0. The molecule has 0 unspecified atom stereocenters. The van der Waals surface area contributed by atoms with Crippen LogP contribution in [-0.4, -0.2) is 49.5 Å². The molecule has 0 N–H and O–H groups in total.